The lowest BCUT2D eigenvalue weighted by Crippen LogP contribution is -2.45. The SMILES string of the molecule is CC(N1CCN(c2ccc(C(F)(F)F)cc2)C1=O)C1(c2ccc(F)cc2F)CO1. The van der Waals surface area contributed by atoms with Gasteiger partial charge in [0.25, 0.3) is 0 Å². The number of carbonyl (C=O) groups excluding carboxylic acids is 1. The minimum absolute atomic E-state index is 0.173. The highest BCUT2D eigenvalue weighted by Gasteiger charge is 2.56. The standard InChI is InChI=1S/C20H17F5N2O2/c1-12(19(11-29-19)16-7-4-14(21)10-17(16)22)26-8-9-27(18(26)28)15-5-2-13(3-6-15)20(23,24)25/h2-7,10,12H,8-9,11H2,1H3. The first-order valence-corrected chi connectivity index (χ1v) is 8.98. The van der Waals surface area contributed by atoms with Crippen LogP contribution in [0.25, 0.3) is 0 Å². The number of hydrogen-bond acceptors (Lipinski definition) is 2. The molecule has 154 valence electrons. The number of alkyl halides is 3. The van der Waals surface area contributed by atoms with Crippen LogP contribution in [0, 0.1) is 11.6 Å². The van der Waals surface area contributed by atoms with Gasteiger partial charge in [0.15, 0.2) is 0 Å². The number of halogens is 5. The molecule has 0 spiro atoms. The molecule has 0 saturated carbocycles. The Labute approximate surface area is 163 Å². The maximum atomic E-state index is 14.3. The van der Waals surface area contributed by atoms with Crippen LogP contribution in [0.2, 0.25) is 0 Å². The molecule has 2 unspecified atom stereocenters. The summed E-state index contributed by atoms with van der Waals surface area (Å²) in [6.07, 6.45) is -4.46. The van der Waals surface area contributed by atoms with E-state index in [0.29, 0.717) is 12.2 Å². The van der Waals surface area contributed by atoms with Gasteiger partial charge in [-0.2, -0.15) is 13.2 Å². The van der Waals surface area contributed by atoms with Crippen LogP contribution in [-0.2, 0) is 16.5 Å². The van der Waals surface area contributed by atoms with Gasteiger partial charge in [-0.15, -0.1) is 0 Å². The average molecular weight is 412 g/mol. The van der Waals surface area contributed by atoms with Crippen LogP contribution in [0.5, 0.6) is 0 Å². The van der Waals surface area contributed by atoms with Crippen LogP contribution in [-0.4, -0.2) is 36.7 Å². The molecule has 2 aromatic rings. The highest BCUT2D eigenvalue weighted by atomic mass is 19.4. The summed E-state index contributed by atoms with van der Waals surface area (Å²) in [5.74, 6) is -1.46. The highest BCUT2D eigenvalue weighted by Crippen LogP contribution is 2.46. The van der Waals surface area contributed by atoms with E-state index in [9.17, 15) is 26.7 Å². The van der Waals surface area contributed by atoms with Crippen LogP contribution >= 0.6 is 0 Å². The van der Waals surface area contributed by atoms with Crippen molar-refractivity contribution in [1.82, 2.24) is 4.90 Å². The molecule has 4 rings (SSSR count). The Morgan fingerprint density at radius 2 is 1.72 bits per heavy atom. The number of carbonyl (C=O) groups is 1. The van der Waals surface area contributed by atoms with Gasteiger partial charge in [0, 0.05) is 30.4 Å². The maximum absolute atomic E-state index is 14.3. The smallest absolute Gasteiger partial charge is 0.362 e. The molecule has 2 fully saturated rings. The van der Waals surface area contributed by atoms with Crippen LogP contribution in [0.1, 0.15) is 18.1 Å². The van der Waals surface area contributed by atoms with Gasteiger partial charge in [-0.1, -0.05) is 6.07 Å². The van der Waals surface area contributed by atoms with Crippen molar-refractivity contribution in [2.45, 2.75) is 24.7 Å². The van der Waals surface area contributed by atoms with Gasteiger partial charge in [0.05, 0.1) is 18.2 Å². The summed E-state index contributed by atoms with van der Waals surface area (Å²) in [5.41, 5.74) is -1.34. The van der Waals surface area contributed by atoms with E-state index in [1.54, 1.807) is 6.92 Å². The Bertz CT molecular complexity index is 941. The molecule has 0 radical (unpaired) electrons. The van der Waals surface area contributed by atoms with E-state index in [-0.39, 0.29) is 18.7 Å². The van der Waals surface area contributed by atoms with E-state index >= 15 is 0 Å². The Morgan fingerprint density at radius 3 is 2.28 bits per heavy atom. The average Bonchev–Trinajstić information content (AvgIpc) is 3.37. The van der Waals surface area contributed by atoms with Crippen molar-refractivity contribution in [1.29, 1.82) is 0 Å². The van der Waals surface area contributed by atoms with Gasteiger partial charge in [0.2, 0.25) is 0 Å². The van der Waals surface area contributed by atoms with Crippen molar-refractivity contribution in [2.24, 2.45) is 0 Å². The minimum atomic E-state index is -4.46. The Hall–Kier alpha value is -2.68. The lowest BCUT2D eigenvalue weighted by atomic mass is 9.91. The molecule has 2 aromatic carbocycles. The first-order chi connectivity index (χ1) is 13.6. The summed E-state index contributed by atoms with van der Waals surface area (Å²) >= 11 is 0. The monoisotopic (exact) mass is 412 g/mol. The van der Waals surface area contributed by atoms with Crippen molar-refractivity contribution >= 4 is 11.7 Å². The van der Waals surface area contributed by atoms with Gasteiger partial charge >= 0.3 is 12.2 Å². The molecular weight excluding hydrogens is 395 g/mol. The molecule has 9 heteroatoms. The Morgan fingerprint density at radius 1 is 1.07 bits per heavy atom. The fraction of sp³-hybridized carbons (Fsp3) is 0.350. The van der Waals surface area contributed by atoms with E-state index in [2.05, 4.69) is 0 Å². The van der Waals surface area contributed by atoms with Gasteiger partial charge in [-0.25, -0.2) is 13.6 Å². The summed E-state index contributed by atoms with van der Waals surface area (Å²) in [4.78, 5) is 15.8. The van der Waals surface area contributed by atoms with Crippen molar-refractivity contribution in [3.05, 3.63) is 65.2 Å². The van der Waals surface area contributed by atoms with Crippen LogP contribution in [0.15, 0.2) is 42.5 Å². The number of ether oxygens (including phenoxy) is 1. The Balaban J connectivity index is 1.54. The predicted molar refractivity (Wildman–Crippen MR) is 94.3 cm³/mol. The van der Waals surface area contributed by atoms with Crippen molar-refractivity contribution in [2.75, 3.05) is 24.6 Å². The van der Waals surface area contributed by atoms with Crippen LogP contribution in [0.3, 0.4) is 0 Å². The van der Waals surface area contributed by atoms with Gasteiger partial charge in [0.1, 0.15) is 17.2 Å². The molecule has 2 aliphatic heterocycles. The summed E-state index contributed by atoms with van der Waals surface area (Å²) in [7, 11) is 0. The lowest BCUT2D eigenvalue weighted by molar-refractivity contribution is -0.137. The summed E-state index contributed by atoms with van der Waals surface area (Å²) in [6.45, 7) is 2.47. The van der Waals surface area contributed by atoms with Crippen molar-refractivity contribution in [3.8, 4) is 0 Å². The fourth-order valence-corrected chi connectivity index (χ4v) is 3.77. The third kappa shape index (κ3) is 3.33. The number of amides is 2. The molecule has 0 bridgehead atoms. The first-order valence-electron chi connectivity index (χ1n) is 8.98. The molecule has 2 heterocycles. The van der Waals surface area contributed by atoms with Crippen molar-refractivity contribution < 1.29 is 31.5 Å². The van der Waals surface area contributed by atoms with E-state index in [1.165, 1.54) is 28.0 Å². The highest BCUT2D eigenvalue weighted by molar-refractivity contribution is 5.94. The number of hydrogen-bond donors (Lipinski definition) is 0. The van der Waals surface area contributed by atoms with Crippen LogP contribution in [0.4, 0.5) is 32.4 Å². The normalized spacial score (nSPS) is 22.9. The van der Waals surface area contributed by atoms with Gasteiger partial charge in [-0.3, -0.25) is 4.90 Å². The van der Waals surface area contributed by atoms with Gasteiger partial charge < -0.3 is 9.64 Å². The number of urea groups is 1. The molecule has 2 atom stereocenters. The second-order valence-electron chi connectivity index (χ2n) is 7.15. The topological polar surface area (TPSA) is 36.1 Å². The molecule has 29 heavy (non-hydrogen) atoms. The molecule has 0 aliphatic carbocycles. The van der Waals surface area contributed by atoms with Crippen molar-refractivity contribution in [3.63, 3.8) is 0 Å². The van der Waals surface area contributed by atoms with E-state index < -0.39 is 41.0 Å². The number of benzene rings is 2. The zero-order valence-electron chi connectivity index (χ0n) is 15.3. The Kier molecular flexibility index (Phi) is 4.53. The maximum Gasteiger partial charge on any atom is 0.416 e. The lowest BCUT2D eigenvalue weighted by Gasteiger charge is -2.30. The molecule has 2 aliphatic rings. The number of nitrogens with zero attached hydrogens (tertiary/aromatic N) is 2. The number of rotatable bonds is 4. The fourth-order valence-electron chi connectivity index (χ4n) is 3.77. The third-order valence-electron chi connectivity index (χ3n) is 5.53. The molecule has 2 saturated heterocycles. The molecule has 4 nitrogen and oxygen atoms in total. The zero-order valence-corrected chi connectivity index (χ0v) is 15.3. The number of epoxide rings is 1. The van der Waals surface area contributed by atoms with E-state index in [4.69, 9.17) is 4.74 Å². The second-order valence-corrected chi connectivity index (χ2v) is 7.15. The summed E-state index contributed by atoms with van der Waals surface area (Å²) in [6, 6.07) is 6.60. The third-order valence-corrected chi connectivity index (χ3v) is 5.53. The first kappa shape index (κ1) is 19.6. The molecule has 2 amide bonds. The summed E-state index contributed by atoms with van der Waals surface area (Å²) in [5, 5.41) is 0. The molecule has 0 aromatic heterocycles. The molecule has 0 N–H and O–H groups in total. The van der Waals surface area contributed by atoms with E-state index in [1.807, 2.05) is 0 Å². The minimum Gasteiger partial charge on any atom is -0.362 e. The van der Waals surface area contributed by atoms with Crippen LogP contribution < -0.4 is 4.90 Å². The summed E-state index contributed by atoms with van der Waals surface area (Å²) < 4.78 is 71.3. The van der Waals surface area contributed by atoms with Gasteiger partial charge in [-0.05, 0) is 37.3 Å². The quantitative estimate of drug-likeness (QED) is 0.546. The molecular formula is C20H17F5N2O2. The zero-order chi connectivity index (χ0) is 21.0. The predicted octanol–water partition coefficient (Wildman–Crippen LogP) is 4.54. The van der Waals surface area contributed by atoms with E-state index in [0.717, 1.165) is 24.3 Å². The second kappa shape index (κ2) is 6.69. The largest absolute Gasteiger partial charge is 0.416 e. The number of anilines is 1.